The van der Waals surface area contributed by atoms with Crippen molar-refractivity contribution in [2.24, 2.45) is 5.73 Å². The zero-order chi connectivity index (χ0) is 9.52. The van der Waals surface area contributed by atoms with E-state index < -0.39 is 0 Å². The number of rotatable bonds is 5. The molecule has 0 atom stereocenters. The van der Waals surface area contributed by atoms with Crippen molar-refractivity contribution in [3.63, 3.8) is 0 Å². The van der Waals surface area contributed by atoms with Gasteiger partial charge in [-0.2, -0.15) is 5.48 Å². The Bertz CT molecular complexity index is 268. The summed E-state index contributed by atoms with van der Waals surface area (Å²) in [5.74, 6) is 0.895. The summed E-state index contributed by atoms with van der Waals surface area (Å²) < 4.78 is 5.23. The minimum atomic E-state index is 0.601. The van der Waals surface area contributed by atoms with Gasteiger partial charge < -0.3 is 15.0 Å². The van der Waals surface area contributed by atoms with Gasteiger partial charge in [0, 0.05) is 19.0 Å². The van der Waals surface area contributed by atoms with Crippen LogP contribution in [0, 0.1) is 0 Å². The van der Waals surface area contributed by atoms with Crippen LogP contribution >= 0.6 is 0 Å². The second-order valence-electron chi connectivity index (χ2n) is 2.51. The Balaban J connectivity index is 2.48. The molecule has 1 rings (SSSR count). The average Bonchev–Trinajstić information content (AvgIpc) is 2.54. The van der Waals surface area contributed by atoms with Gasteiger partial charge in [-0.1, -0.05) is 0 Å². The smallest absolute Gasteiger partial charge is 0.111 e. The average molecular weight is 182 g/mol. The van der Waals surface area contributed by atoms with Gasteiger partial charge in [0.15, 0.2) is 0 Å². The van der Waals surface area contributed by atoms with E-state index >= 15 is 0 Å². The van der Waals surface area contributed by atoms with Gasteiger partial charge in [0.25, 0.3) is 0 Å². The number of nitrogens with two attached hydrogens (primary N) is 1. The van der Waals surface area contributed by atoms with Crippen LogP contribution in [0.4, 0.5) is 0 Å². The van der Waals surface area contributed by atoms with E-state index in [1.807, 2.05) is 6.07 Å². The van der Waals surface area contributed by atoms with E-state index in [0.29, 0.717) is 6.54 Å². The highest BCUT2D eigenvalue weighted by Crippen LogP contribution is 2.09. The molecule has 1 heterocycles. The SMILES string of the molecule is CNO/C=C/c1coc(CCN)c1. The Morgan fingerprint density at radius 3 is 3.23 bits per heavy atom. The van der Waals surface area contributed by atoms with Crippen LogP contribution in [0.3, 0.4) is 0 Å². The van der Waals surface area contributed by atoms with Crippen LogP contribution in [0.15, 0.2) is 23.0 Å². The summed E-state index contributed by atoms with van der Waals surface area (Å²) in [6.07, 6.45) is 5.79. The molecule has 1 aromatic rings. The molecule has 0 spiro atoms. The lowest BCUT2D eigenvalue weighted by atomic mass is 10.2. The third kappa shape index (κ3) is 3.31. The Morgan fingerprint density at radius 2 is 2.54 bits per heavy atom. The van der Waals surface area contributed by atoms with Gasteiger partial charge in [-0.3, -0.25) is 0 Å². The van der Waals surface area contributed by atoms with E-state index in [9.17, 15) is 0 Å². The summed E-state index contributed by atoms with van der Waals surface area (Å²) in [5.41, 5.74) is 8.88. The first kappa shape index (κ1) is 9.83. The first-order valence-corrected chi connectivity index (χ1v) is 4.13. The van der Waals surface area contributed by atoms with Gasteiger partial charge in [0.1, 0.15) is 12.0 Å². The van der Waals surface area contributed by atoms with E-state index in [2.05, 4.69) is 5.48 Å². The van der Waals surface area contributed by atoms with Gasteiger partial charge in [0.2, 0.25) is 0 Å². The monoisotopic (exact) mass is 182 g/mol. The summed E-state index contributed by atoms with van der Waals surface area (Å²) in [7, 11) is 1.69. The molecule has 13 heavy (non-hydrogen) atoms. The van der Waals surface area contributed by atoms with Crippen LogP contribution in [0.1, 0.15) is 11.3 Å². The molecule has 0 fully saturated rings. The van der Waals surface area contributed by atoms with E-state index in [1.165, 1.54) is 0 Å². The zero-order valence-corrected chi connectivity index (χ0v) is 7.62. The van der Waals surface area contributed by atoms with Gasteiger partial charge in [-0.25, -0.2) is 0 Å². The predicted molar refractivity (Wildman–Crippen MR) is 50.6 cm³/mol. The fourth-order valence-corrected chi connectivity index (χ4v) is 0.939. The quantitative estimate of drug-likeness (QED) is 0.524. The largest absolute Gasteiger partial charge is 0.469 e. The van der Waals surface area contributed by atoms with Gasteiger partial charge in [-0.05, 0) is 18.7 Å². The van der Waals surface area contributed by atoms with Crippen molar-refractivity contribution in [1.82, 2.24) is 5.48 Å². The lowest BCUT2D eigenvalue weighted by Gasteiger charge is -1.90. The van der Waals surface area contributed by atoms with Crippen LogP contribution < -0.4 is 11.2 Å². The number of hydrogen-bond donors (Lipinski definition) is 2. The molecule has 4 nitrogen and oxygen atoms in total. The van der Waals surface area contributed by atoms with Crippen LogP contribution in [0.5, 0.6) is 0 Å². The molecule has 0 radical (unpaired) electrons. The molecule has 0 unspecified atom stereocenters. The van der Waals surface area contributed by atoms with Crippen LogP contribution in [0.2, 0.25) is 0 Å². The highest BCUT2D eigenvalue weighted by Gasteiger charge is 1.97. The van der Waals surface area contributed by atoms with Crippen LogP contribution in [-0.2, 0) is 11.3 Å². The van der Waals surface area contributed by atoms with E-state index in [0.717, 1.165) is 17.7 Å². The first-order valence-electron chi connectivity index (χ1n) is 4.13. The summed E-state index contributed by atoms with van der Waals surface area (Å²) in [5, 5.41) is 0. The number of nitrogens with one attached hydrogen (secondary N) is 1. The summed E-state index contributed by atoms with van der Waals surface area (Å²) in [6, 6.07) is 1.93. The van der Waals surface area contributed by atoms with Gasteiger partial charge in [-0.15, -0.1) is 0 Å². The molecule has 0 bridgehead atoms. The molecule has 0 saturated carbocycles. The lowest BCUT2D eigenvalue weighted by Crippen LogP contribution is -2.01. The molecular formula is C9H14N2O2. The van der Waals surface area contributed by atoms with E-state index in [4.69, 9.17) is 15.0 Å². The Morgan fingerprint density at radius 1 is 1.69 bits per heavy atom. The van der Waals surface area contributed by atoms with Gasteiger partial charge in [0.05, 0.1) is 6.26 Å². The minimum absolute atomic E-state index is 0.601. The molecule has 0 amide bonds. The maximum absolute atomic E-state index is 5.38. The molecular weight excluding hydrogens is 168 g/mol. The minimum Gasteiger partial charge on any atom is -0.469 e. The molecule has 0 aliphatic carbocycles. The van der Waals surface area contributed by atoms with Crippen LogP contribution in [0.25, 0.3) is 6.08 Å². The molecule has 4 heteroatoms. The molecule has 0 saturated heterocycles. The lowest BCUT2D eigenvalue weighted by molar-refractivity contribution is 0.161. The molecule has 1 aromatic heterocycles. The Labute approximate surface area is 77.3 Å². The number of hydrogen-bond acceptors (Lipinski definition) is 4. The fourth-order valence-electron chi connectivity index (χ4n) is 0.939. The first-order chi connectivity index (χ1) is 6.36. The maximum Gasteiger partial charge on any atom is 0.111 e. The third-order valence-corrected chi connectivity index (χ3v) is 1.51. The van der Waals surface area contributed by atoms with E-state index in [1.54, 1.807) is 25.6 Å². The highest BCUT2D eigenvalue weighted by molar-refractivity contribution is 5.46. The summed E-state index contributed by atoms with van der Waals surface area (Å²) in [6.45, 7) is 0.601. The van der Waals surface area contributed by atoms with Crippen molar-refractivity contribution in [3.8, 4) is 0 Å². The second kappa shape index (κ2) is 5.40. The van der Waals surface area contributed by atoms with Crippen molar-refractivity contribution < 1.29 is 9.25 Å². The third-order valence-electron chi connectivity index (χ3n) is 1.51. The van der Waals surface area contributed by atoms with Crippen molar-refractivity contribution in [3.05, 3.63) is 29.9 Å². The maximum atomic E-state index is 5.38. The standard InChI is InChI=1S/C9H14N2O2/c1-11-13-5-3-8-6-9(2-4-10)12-7-8/h3,5-7,11H,2,4,10H2,1H3/b5-3+. The fraction of sp³-hybridized carbons (Fsp3) is 0.333. The number of hydroxylamine groups is 1. The summed E-state index contributed by atoms with van der Waals surface area (Å²) >= 11 is 0. The van der Waals surface area contributed by atoms with Crippen molar-refractivity contribution in [2.45, 2.75) is 6.42 Å². The predicted octanol–water partition coefficient (Wildman–Crippen LogP) is 0.902. The van der Waals surface area contributed by atoms with Crippen molar-refractivity contribution >= 4 is 6.08 Å². The summed E-state index contributed by atoms with van der Waals surface area (Å²) in [4.78, 5) is 4.81. The van der Waals surface area contributed by atoms with Crippen LogP contribution in [-0.4, -0.2) is 13.6 Å². The highest BCUT2D eigenvalue weighted by atomic mass is 16.6. The normalized spacial score (nSPS) is 10.9. The molecule has 72 valence electrons. The topological polar surface area (TPSA) is 60.4 Å². The molecule has 3 N–H and O–H groups in total. The second-order valence-corrected chi connectivity index (χ2v) is 2.51. The van der Waals surface area contributed by atoms with Crippen molar-refractivity contribution in [1.29, 1.82) is 0 Å². The van der Waals surface area contributed by atoms with E-state index in [-0.39, 0.29) is 0 Å². The Kier molecular flexibility index (Phi) is 4.08. The molecule has 0 aliphatic heterocycles. The zero-order valence-electron chi connectivity index (χ0n) is 7.62. The molecule has 0 aromatic carbocycles. The number of furan rings is 1. The Hall–Kier alpha value is -1.26. The molecule has 0 aliphatic rings. The van der Waals surface area contributed by atoms with Gasteiger partial charge >= 0.3 is 0 Å². The van der Waals surface area contributed by atoms with Crippen molar-refractivity contribution in [2.75, 3.05) is 13.6 Å².